The first kappa shape index (κ1) is 17.5. The number of benzene rings is 2. The molecule has 0 saturated heterocycles. The number of fused-ring (bicyclic) bond motifs is 1. The van der Waals surface area contributed by atoms with E-state index in [2.05, 4.69) is 5.32 Å². The predicted molar refractivity (Wildman–Crippen MR) is 96.3 cm³/mol. The Bertz CT molecular complexity index is 821. The lowest BCUT2D eigenvalue weighted by molar-refractivity contribution is -0.111. The van der Waals surface area contributed by atoms with E-state index in [1.807, 2.05) is 0 Å². The average Bonchev–Trinajstić information content (AvgIpc) is 3.13. The molecular weight excluding hydrogens is 338 g/mol. The predicted octanol–water partition coefficient (Wildman–Crippen LogP) is 3.09. The zero-order valence-corrected chi connectivity index (χ0v) is 14.7. The van der Waals surface area contributed by atoms with Gasteiger partial charge in [0.2, 0.25) is 18.4 Å². The van der Waals surface area contributed by atoms with Crippen molar-refractivity contribution < 1.29 is 28.5 Å². The number of ether oxygens (including phenoxy) is 5. The van der Waals surface area contributed by atoms with Crippen LogP contribution >= 0.6 is 0 Å². The highest BCUT2D eigenvalue weighted by atomic mass is 16.7. The van der Waals surface area contributed by atoms with Crippen LogP contribution in [0, 0.1) is 0 Å². The minimum absolute atomic E-state index is 0.188. The largest absolute Gasteiger partial charge is 0.493 e. The van der Waals surface area contributed by atoms with E-state index in [1.165, 1.54) is 27.4 Å². The van der Waals surface area contributed by atoms with E-state index in [-0.39, 0.29) is 12.7 Å². The highest BCUT2D eigenvalue weighted by Gasteiger charge is 2.14. The highest BCUT2D eigenvalue weighted by Crippen LogP contribution is 2.38. The van der Waals surface area contributed by atoms with E-state index in [0.29, 0.717) is 34.4 Å². The van der Waals surface area contributed by atoms with Gasteiger partial charge in [0.05, 0.1) is 21.3 Å². The number of nitrogens with one attached hydrogen (secondary N) is 1. The maximum Gasteiger partial charge on any atom is 0.248 e. The Labute approximate surface area is 151 Å². The second-order valence-electron chi connectivity index (χ2n) is 5.35. The van der Waals surface area contributed by atoms with Gasteiger partial charge in [-0.2, -0.15) is 0 Å². The third-order valence-corrected chi connectivity index (χ3v) is 3.75. The van der Waals surface area contributed by atoms with Gasteiger partial charge < -0.3 is 29.0 Å². The van der Waals surface area contributed by atoms with E-state index in [9.17, 15) is 4.79 Å². The van der Waals surface area contributed by atoms with E-state index >= 15 is 0 Å². The van der Waals surface area contributed by atoms with Gasteiger partial charge in [-0.3, -0.25) is 4.79 Å². The molecule has 0 spiro atoms. The average molecular weight is 357 g/mol. The van der Waals surface area contributed by atoms with Crippen molar-refractivity contribution >= 4 is 17.7 Å². The van der Waals surface area contributed by atoms with Crippen LogP contribution < -0.4 is 29.0 Å². The van der Waals surface area contributed by atoms with Crippen LogP contribution in [0.15, 0.2) is 36.4 Å². The molecule has 3 rings (SSSR count). The number of hydrogen-bond donors (Lipinski definition) is 1. The number of carbonyl (C=O) groups is 1. The van der Waals surface area contributed by atoms with E-state index in [0.717, 1.165) is 5.56 Å². The van der Waals surface area contributed by atoms with Crippen molar-refractivity contribution in [2.45, 2.75) is 0 Å². The molecule has 0 saturated carbocycles. The summed E-state index contributed by atoms with van der Waals surface area (Å²) in [6.07, 6.45) is 3.08. The molecule has 1 aliphatic rings. The first-order chi connectivity index (χ1) is 12.6. The fraction of sp³-hybridized carbons (Fsp3) is 0.211. The maximum absolute atomic E-state index is 12.2. The summed E-state index contributed by atoms with van der Waals surface area (Å²) in [7, 11) is 4.61. The first-order valence-electron chi connectivity index (χ1n) is 7.83. The van der Waals surface area contributed by atoms with Crippen LogP contribution in [0.2, 0.25) is 0 Å². The quantitative estimate of drug-likeness (QED) is 0.801. The lowest BCUT2D eigenvalue weighted by Crippen LogP contribution is -2.07. The van der Waals surface area contributed by atoms with Crippen molar-refractivity contribution in [1.29, 1.82) is 0 Å². The molecule has 0 aliphatic carbocycles. The number of hydrogen-bond acceptors (Lipinski definition) is 6. The molecule has 1 amide bonds. The van der Waals surface area contributed by atoms with E-state index in [4.69, 9.17) is 23.7 Å². The molecule has 2 aromatic rings. The fourth-order valence-corrected chi connectivity index (χ4v) is 2.53. The summed E-state index contributed by atoms with van der Waals surface area (Å²) in [6, 6.07) is 8.73. The van der Waals surface area contributed by atoms with Gasteiger partial charge in [-0.05, 0) is 35.9 Å². The number of amides is 1. The van der Waals surface area contributed by atoms with Crippen molar-refractivity contribution in [1.82, 2.24) is 0 Å². The zero-order chi connectivity index (χ0) is 18.5. The van der Waals surface area contributed by atoms with Gasteiger partial charge in [0.25, 0.3) is 0 Å². The molecule has 7 nitrogen and oxygen atoms in total. The minimum Gasteiger partial charge on any atom is -0.493 e. The Hall–Kier alpha value is -3.35. The number of carbonyl (C=O) groups excluding carboxylic acids is 1. The van der Waals surface area contributed by atoms with Crippen LogP contribution in [-0.4, -0.2) is 34.0 Å². The van der Waals surface area contributed by atoms with Crippen molar-refractivity contribution in [3.05, 3.63) is 42.0 Å². The molecule has 1 N–H and O–H groups in total. The minimum atomic E-state index is -0.280. The Morgan fingerprint density at radius 1 is 1.00 bits per heavy atom. The summed E-state index contributed by atoms with van der Waals surface area (Å²) in [4.78, 5) is 12.2. The van der Waals surface area contributed by atoms with Gasteiger partial charge >= 0.3 is 0 Å². The van der Waals surface area contributed by atoms with Crippen molar-refractivity contribution in [2.75, 3.05) is 33.4 Å². The summed E-state index contributed by atoms with van der Waals surface area (Å²) in [5.74, 6) is 2.52. The molecule has 1 heterocycles. The first-order valence-corrected chi connectivity index (χ1v) is 7.83. The van der Waals surface area contributed by atoms with Crippen molar-refractivity contribution in [3.63, 3.8) is 0 Å². The summed E-state index contributed by atoms with van der Waals surface area (Å²) >= 11 is 0. The molecule has 7 heteroatoms. The Kier molecular flexibility index (Phi) is 5.17. The second kappa shape index (κ2) is 7.69. The van der Waals surface area contributed by atoms with Gasteiger partial charge in [-0.15, -0.1) is 0 Å². The molecule has 26 heavy (non-hydrogen) atoms. The normalized spacial score (nSPS) is 12.1. The molecular formula is C19H19NO6. The monoisotopic (exact) mass is 357 g/mol. The number of anilines is 1. The third-order valence-electron chi connectivity index (χ3n) is 3.75. The number of rotatable bonds is 6. The number of methoxy groups -OCH3 is 3. The highest BCUT2D eigenvalue weighted by molar-refractivity contribution is 6.02. The van der Waals surface area contributed by atoms with Crippen LogP contribution in [0.3, 0.4) is 0 Å². The molecule has 0 radical (unpaired) electrons. The zero-order valence-electron chi connectivity index (χ0n) is 14.7. The summed E-state index contributed by atoms with van der Waals surface area (Å²) in [6.45, 7) is 0.188. The molecule has 0 bridgehead atoms. The molecule has 0 fully saturated rings. The van der Waals surface area contributed by atoms with E-state index in [1.54, 1.807) is 36.4 Å². The van der Waals surface area contributed by atoms with Gasteiger partial charge in [0, 0.05) is 17.8 Å². The van der Waals surface area contributed by atoms with Crippen LogP contribution in [0.5, 0.6) is 28.7 Å². The molecule has 0 aromatic heterocycles. The molecule has 136 valence electrons. The Morgan fingerprint density at radius 3 is 2.35 bits per heavy atom. The summed E-state index contributed by atoms with van der Waals surface area (Å²) in [5, 5.41) is 2.77. The van der Waals surface area contributed by atoms with Crippen molar-refractivity contribution in [2.24, 2.45) is 0 Å². The second-order valence-corrected chi connectivity index (χ2v) is 5.35. The van der Waals surface area contributed by atoms with Crippen LogP contribution in [0.4, 0.5) is 5.69 Å². The third kappa shape index (κ3) is 3.66. The smallest absolute Gasteiger partial charge is 0.248 e. The van der Waals surface area contributed by atoms with Crippen LogP contribution in [0.25, 0.3) is 6.08 Å². The Morgan fingerprint density at radius 2 is 1.69 bits per heavy atom. The van der Waals surface area contributed by atoms with E-state index < -0.39 is 0 Å². The fourth-order valence-electron chi connectivity index (χ4n) is 2.53. The van der Waals surface area contributed by atoms with Gasteiger partial charge in [-0.25, -0.2) is 0 Å². The lowest BCUT2D eigenvalue weighted by Gasteiger charge is -2.12. The topological polar surface area (TPSA) is 75.3 Å². The van der Waals surface area contributed by atoms with Crippen LogP contribution in [0.1, 0.15) is 5.56 Å². The molecule has 1 aliphatic heterocycles. The molecule has 0 atom stereocenters. The SMILES string of the molecule is COc1cc(C=CC(=O)Nc2ccc3c(c2)OCO3)cc(OC)c1OC. The van der Waals surface area contributed by atoms with Gasteiger partial charge in [0.1, 0.15) is 0 Å². The summed E-state index contributed by atoms with van der Waals surface area (Å²) in [5.41, 5.74) is 1.36. The van der Waals surface area contributed by atoms with Crippen LogP contribution in [-0.2, 0) is 4.79 Å². The van der Waals surface area contributed by atoms with Crippen molar-refractivity contribution in [3.8, 4) is 28.7 Å². The maximum atomic E-state index is 12.2. The standard InChI is InChI=1S/C19H19NO6/c1-22-16-8-12(9-17(23-2)19(16)24-3)4-7-18(21)20-13-5-6-14-15(10-13)26-11-25-14/h4-10H,11H2,1-3H3,(H,20,21). The molecule has 2 aromatic carbocycles. The Balaban J connectivity index is 1.73. The van der Waals surface area contributed by atoms with Gasteiger partial charge in [-0.1, -0.05) is 0 Å². The summed E-state index contributed by atoms with van der Waals surface area (Å²) < 4.78 is 26.4. The molecule has 0 unspecified atom stereocenters. The van der Waals surface area contributed by atoms with Gasteiger partial charge in [0.15, 0.2) is 23.0 Å². The lowest BCUT2D eigenvalue weighted by atomic mass is 10.1.